The van der Waals surface area contributed by atoms with Gasteiger partial charge in [0.25, 0.3) is 0 Å². The highest BCUT2D eigenvalue weighted by Crippen LogP contribution is 2.02. The third-order valence-electron chi connectivity index (χ3n) is 2.58. The zero-order valence-electron chi connectivity index (χ0n) is 14.1. The minimum atomic E-state index is -0.696. The minimum Gasteiger partial charge on any atom is -0.445 e. The summed E-state index contributed by atoms with van der Waals surface area (Å²) >= 11 is 0. The van der Waals surface area contributed by atoms with Crippen LogP contribution in [0.1, 0.15) is 46.5 Å². The minimum absolute atomic E-state index is 0.403. The molecule has 124 valence electrons. The first-order valence-corrected chi connectivity index (χ1v) is 7.64. The Labute approximate surface area is 138 Å². The summed E-state index contributed by atoms with van der Waals surface area (Å²) in [4.78, 5) is 21.9. The van der Waals surface area contributed by atoms with Crippen LogP contribution in [0.5, 0.6) is 0 Å². The Morgan fingerprint density at radius 3 is 2.13 bits per heavy atom. The maximum Gasteiger partial charge on any atom is 0.304 e. The van der Waals surface area contributed by atoms with Crippen molar-refractivity contribution < 1.29 is 19.1 Å². The summed E-state index contributed by atoms with van der Waals surface area (Å²) < 4.78 is 9.96. The van der Waals surface area contributed by atoms with E-state index in [4.69, 9.17) is 9.47 Å². The number of hydrogen-bond donors (Lipinski definition) is 0. The molecule has 0 fully saturated rings. The zero-order valence-corrected chi connectivity index (χ0v) is 14.1. The Kier molecular flexibility index (Phi) is 11.8. The fourth-order valence-electron chi connectivity index (χ4n) is 1.56. The van der Waals surface area contributed by atoms with Crippen LogP contribution in [0.3, 0.4) is 0 Å². The van der Waals surface area contributed by atoms with Gasteiger partial charge in [0.05, 0.1) is 0 Å². The average Bonchev–Trinajstić information content (AvgIpc) is 2.48. The van der Waals surface area contributed by atoms with Gasteiger partial charge >= 0.3 is 11.9 Å². The number of rotatable bonds is 8. The maximum atomic E-state index is 11.1. The number of carbonyl (C=O) groups is 2. The fraction of sp³-hybridized carbons (Fsp3) is 0.474. The Hall–Kier alpha value is -2.46. The molecule has 0 saturated heterocycles. The van der Waals surface area contributed by atoms with Crippen LogP contribution < -0.4 is 0 Å². The van der Waals surface area contributed by atoms with E-state index >= 15 is 0 Å². The van der Waals surface area contributed by atoms with Gasteiger partial charge in [-0.05, 0) is 48.7 Å². The summed E-state index contributed by atoms with van der Waals surface area (Å²) in [5.41, 5.74) is 0. The third kappa shape index (κ3) is 13.0. The number of esters is 2. The maximum absolute atomic E-state index is 11.1. The first kappa shape index (κ1) is 20.5. The summed E-state index contributed by atoms with van der Waals surface area (Å²) in [6, 6.07) is 0. The van der Waals surface area contributed by atoms with Crippen molar-refractivity contribution in [2.75, 3.05) is 0 Å². The molecule has 0 aromatic carbocycles. The van der Waals surface area contributed by atoms with E-state index in [2.05, 4.69) is 37.2 Å². The van der Waals surface area contributed by atoms with E-state index in [1.807, 2.05) is 6.08 Å². The summed E-state index contributed by atoms with van der Waals surface area (Å²) in [7, 11) is 0. The number of unbranched alkanes of at least 4 members (excludes halogenated alkanes) is 3. The normalized spacial score (nSPS) is 12.1. The van der Waals surface area contributed by atoms with Gasteiger partial charge in [0.15, 0.2) is 12.2 Å². The second-order valence-electron chi connectivity index (χ2n) is 4.76. The molecule has 4 nitrogen and oxygen atoms in total. The fourth-order valence-corrected chi connectivity index (χ4v) is 1.56. The van der Waals surface area contributed by atoms with Gasteiger partial charge in [0.2, 0.25) is 0 Å². The van der Waals surface area contributed by atoms with E-state index in [0.29, 0.717) is 0 Å². The van der Waals surface area contributed by atoms with Crippen molar-refractivity contribution in [3.05, 3.63) is 24.8 Å². The van der Waals surface area contributed by atoms with Crippen molar-refractivity contribution in [2.24, 2.45) is 0 Å². The lowest BCUT2D eigenvalue weighted by molar-refractivity contribution is -0.143. The second kappa shape index (κ2) is 13.2. The van der Waals surface area contributed by atoms with Crippen molar-refractivity contribution >= 4 is 11.9 Å². The van der Waals surface area contributed by atoms with Crippen LogP contribution in [0.15, 0.2) is 24.8 Å². The summed E-state index contributed by atoms with van der Waals surface area (Å²) in [5.74, 6) is 9.72. The molecule has 0 bridgehead atoms. The molecule has 0 aromatic heterocycles. The van der Waals surface area contributed by atoms with Gasteiger partial charge in [0, 0.05) is 13.8 Å². The Balaban J connectivity index is 4.69. The van der Waals surface area contributed by atoms with Gasteiger partial charge in [-0.25, -0.2) is 0 Å². The molecule has 0 spiro atoms. The van der Waals surface area contributed by atoms with Crippen molar-refractivity contribution in [3.63, 3.8) is 0 Å². The lowest BCUT2D eigenvalue weighted by Gasteiger charge is -2.05. The van der Waals surface area contributed by atoms with Crippen molar-refractivity contribution in [1.82, 2.24) is 0 Å². The molecular formula is C19H24O4. The summed E-state index contributed by atoms with van der Waals surface area (Å²) in [6.45, 7) is 8.29. The van der Waals surface area contributed by atoms with E-state index < -0.39 is 24.1 Å². The summed E-state index contributed by atoms with van der Waals surface area (Å²) in [6.07, 6.45) is 8.13. The van der Waals surface area contributed by atoms with Crippen molar-refractivity contribution in [2.45, 2.75) is 58.7 Å². The molecular weight excluding hydrogens is 292 g/mol. The molecule has 0 aliphatic heterocycles. The van der Waals surface area contributed by atoms with E-state index in [1.54, 1.807) is 6.08 Å². The van der Waals surface area contributed by atoms with Gasteiger partial charge in [-0.15, -0.1) is 0 Å². The van der Waals surface area contributed by atoms with Crippen molar-refractivity contribution in [1.29, 1.82) is 0 Å². The molecule has 23 heavy (non-hydrogen) atoms. The molecule has 0 amide bonds. The molecule has 0 rings (SSSR count). The highest BCUT2D eigenvalue weighted by Gasteiger charge is 2.03. The molecule has 0 aromatic rings. The number of ether oxygens (including phenoxy) is 2. The highest BCUT2D eigenvalue weighted by molar-refractivity contribution is 5.67. The molecule has 0 saturated carbocycles. The van der Waals surface area contributed by atoms with Crippen LogP contribution in [-0.2, 0) is 19.1 Å². The van der Waals surface area contributed by atoms with Gasteiger partial charge in [0.1, 0.15) is 0 Å². The van der Waals surface area contributed by atoms with Gasteiger partial charge in [-0.2, -0.15) is 0 Å². The quantitative estimate of drug-likeness (QED) is 0.299. The number of hydrogen-bond acceptors (Lipinski definition) is 4. The predicted molar refractivity (Wildman–Crippen MR) is 90.1 cm³/mol. The molecule has 0 aliphatic carbocycles. The van der Waals surface area contributed by atoms with Crippen LogP contribution in [-0.4, -0.2) is 24.1 Å². The first-order valence-electron chi connectivity index (χ1n) is 7.64. The molecule has 4 heteroatoms. The van der Waals surface area contributed by atoms with E-state index in [9.17, 15) is 9.59 Å². The van der Waals surface area contributed by atoms with Gasteiger partial charge in [-0.3, -0.25) is 9.59 Å². The topological polar surface area (TPSA) is 52.6 Å². The van der Waals surface area contributed by atoms with Gasteiger partial charge in [-0.1, -0.05) is 32.4 Å². The lowest BCUT2D eigenvalue weighted by Crippen LogP contribution is -2.11. The summed E-state index contributed by atoms with van der Waals surface area (Å²) in [5, 5.41) is 0. The number of carbonyl (C=O) groups excluding carboxylic acids is 2. The van der Waals surface area contributed by atoms with E-state index in [-0.39, 0.29) is 0 Å². The first-order chi connectivity index (χ1) is 11.0. The van der Waals surface area contributed by atoms with Crippen molar-refractivity contribution in [3.8, 4) is 23.7 Å². The van der Waals surface area contributed by atoms with E-state index in [0.717, 1.165) is 19.3 Å². The van der Waals surface area contributed by atoms with Crippen LogP contribution in [0.2, 0.25) is 0 Å². The largest absolute Gasteiger partial charge is 0.445 e. The molecule has 2 atom stereocenters. The SMILES string of the molecule is C=C[C@@H](C#CC#C[C@H](C=CCCCCC)OC(C)=O)OC(C)=O. The Morgan fingerprint density at radius 1 is 1.04 bits per heavy atom. The van der Waals surface area contributed by atoms with Crippen LogP contribution in [0.25, 0.3) is 0 Å². The molecule has 0 N–H and O–H groups in total. The standard InChI is InChI=1S/C19H24O4/c1-5-7-8-9-10-14-19(23-17(4)21)15-12-11-13-18(6-2)22-16(3)20/h6,10,14,18-19H,2,5,7-9H2,1,3-4H3/t18-,19-/m0/s1. The Bertz CT molecular complexity index is 537. The molecule has 0 heterocycles. The molecule has 0 radical (unpaired) electrons. The van der Waals surface area contributed by atoms with Crippen LogP contribution in [0, 0.1) is 23.7 Å². The smallest absolute Gasteiger partial charge is 0.304 e. The van der Waals surface area contributed by atoms with Crippen LogP contribution >= 0.6 is 0 Å². The second-order valence-corrected chi connectivity index (χ2v) is 4.76. The third-order valence-corrected chi connectivity index (χ3v) is 2.58. The molecule has 0 unspecified atom stereocenters. The predicted octanol–water partition coefficient (Wildman–Crippen LogP) is 3.18. The highest BCUT2D eigenvalue weighted by atomic mass is 16.5. The number of allylic oxidation sites excluding steroid dienone is 1. The van der Waals surface area contributed by atoms with Gasteiger partial charge < -0.3 is 9.47 Å². The van der Waals surface area contributed by atoms with E-state index in [1.165, 1.54) is 26.3 Å². The molecule has 0 aliphatic rings. The zero-order chi connectivity index (χ0) is 17.5. The lowest BCUT2D eigenvalue weighted by atomic mass is 10.2. The Morgan fingerprint density at radius 2 is 1.61 bits per heavy atom. The van der Waals surface area contributed by atoms with Crippen LogP contribution in [0.4, 0.5) is 0 Å². The monoisotopic (exact) mass is 316 g/mol. The average molecular weight is 316 g/mol.